The fourth-order valence-electron chi connectivity index (χ4n) is 3.92. The van der Waals surface area contributed by atoms with Crippen LogP contribution in [0.2, 0.25) is 0 Å². The number of ether oxygens (including phenoxy) is 1. The van der Waals surface area contributed by atoms with Gasteiger partial charge in [0.05, 0.1) is 0 Å². The highest BCUT2D eigenvalue weighted by Gasteiger charge is 2.39. The first-order chi connectivity index (χ1) is 16.7. The Morgan fingerprint density at radius 3 is 2.28 bits per heavy atom. The molecule has 0 fully saturated rings. The van der Waals surface area contributed by atoms with Crippen molar-refractivity contribution in [1.82, 2.24) is 15.5 Å². The van der Waals surface area contributed by atoms with Gasteiger partial charge in [0.15, 0.2) is 0 Å². The van der Waals surface area contributed by atoms with Gasteiger partial charge in [0, 0.05) is 18.2 Å². The molecule has 0 aliphatic carbocycles. The second-order valence-electron chi connectivity index (χ2n) is 10.9. The maximum Gasteiger partial charge on any atom is 0.408 e. The molecule has 0 heterocycles. The number of nitrogens with one attached hydrogen (secondary N) is 2. The Morgan fingerprint density at radius 2 is 1.75 bits per heavy atom. The van der Waals surface area contributed by atoms with Gasteiger partial charge in [-0.3, -0.25) is 9.59 Å². The summed E-state index contributed by atoms with van der Waals surface area (Å²) in [5, 5.41) is 16.6. The molecule has 1 rings (SSSR count). The summed E-state index contributed by atoms with van der Waals surface area (Å²) in [5.74, 6) is -0.675. The van der Waals surface area contributed by atoms with Crippen molar-refractivity contribution in [1.29, 1.82) is 0 Å². The summed E-state index contributed by atoms with van der Waals surface area (Å²) in [6, 6.07) is 2.90. The fourth-order valence-corrected chi connectivity index (χ4v) is 3.92. The lowest BCUT2D eigenvalue weighted by molar-refractivity contribution is -0.145. The van der Waals surface area contributed by atoms with E-state index in [-0.39, 0.29) is 29.5 Å². The average molecular weight is 506 g/mol. The van der Waals surface area contributed by atoms with Gasteiger partial charge in [-0.1, -0.05) is 52.3 Å². The minimum atomic E-state index is -1.06. The van der Waals surface area contributed by atoms with Gasteiger partial charge in [0.2, 0.25) is 11.8 Å². The molecule has 0 saturated carbocycles. The molecule has 204 valence electrons. The van der Waals surface area contributed by atoms with Gasteiger partial charge in [-0.05, 0) is 65.4 Å². The molecule has 0 radical (unpaired) electrons. The van der Waals surface area contributed by atoms with Crippen molar-refractivity contribution in [3.8, 4) is 5.75 Å². The molecule has 1 aromatic rings. The quantitative estimate of drug-likeness (QED) is 0.337. The molecule has 1 aromatic carbocycles. The molecule has 3 unspecified atom stereocenters. The Bertz CT molecular complexity index is 878. The minimum Gasteiger partial charge on any atom is -0.507 e. The first-order valence-electron chi connectivity index (χ1n) is 13.1. The van der Waals surface area contributed by atoms with Crippen molar-refractivity contribution >= 4 is 17.9 Å². The number of carbonyl (C=O) groups excluding carboxylic acids is 3. The molecule has 0 spiro atoms. The van der Waals surface area contributed by atoms with E-state index < -0.39 is 23.8 Å². The van der Waals surface area contributed by atoms with Gasteiger partial charge in [0.25, 0.3) is 0 Å². The minimum absolute atomic E-state index is 0.0187. The summed E-state index contributed by atoms with van der Waals surface area (Å²) in [4.78, 5) is 41.8. The molecule has 3 amide bonds. The van der Waals surface area contributed by atoms with Crippen LogP contribution >= 0.6 is 0 Å². The van der Waals surface area contributed by atoms with E-state index in [4.69, 9.17) is 4.74 Å². The predicted octanol–water partition coefficient (Wildman–Crippen LogP) is 5.22. The molecule has 36 heavy (non-hydrogen) atoms. The summed E-state index contributed by atoms with van der Waals surface area (Å²) in [7, 11) is 0. The Hall–Kier alpha value is -2.77. The van der Waals surface area contributed by atoms with Gasteiger partial charge < -0.3 is 25.4 Å². The third-order valence-electron chi connectivity index (χ3n) is 5.94. The largest absolute Gasteiger partial charge is 0.507 e. The number of aromatic hydroxyl groups is 1. The number of carbonyl (C=O) groups is 3. The summed E-state index contributed by atoms with van der Waals surface area (Å²) in [5.41, 5.74) is 0.250. The van der Waals surface area contributed by atoms with Crippen LogP contribution in [0, 0.1) is 12.8 Å². The number of hydrogen-bond acceptors (Lipinski definition) is 5. The third-order valence-corrected chi connectivity index (χ3v) is 5.94. The highest BCUT2D eigenvalue weighted by atomic mass is 16.6. The topological polar surface area (TPSA) is 108 Å². The van der Waals surface area contributed by atoms with E-state index in [9.17, 15) is 19.5 Å². The van der Waals surface area contributed by atoms with Crippen LogP contribution in [0.15, 0.2) is 18.2 Å². The second-order valence-corrected chi connectivity index (χ2v) is 10.9. The normalized spacial score (nSPS) is 14.1. The van der Waals surface area contributed by atoms with Crippen molar-refractivity contribution < 1.29 is 24.2 Å². The third kappa shape index (κ3) is 9.36. The van der Waals surface area contributed by atoms with E-state index in [0.29, 0.717) is 30.5 Å². The maximum absolute atomic E-state index is 14.1. The maximum atomic E-state index is 14.1. The van der Waals surface area contributed by atoms with Crippen molar-refractivity contribution in [3.63, 3.8) is 0 Å². The summed E-state index contributed by atoms with van der Waals surface area (Å²) in [6.45, 7) is 17.3. The Balaban J connectivity index is 3.57. The van der Waals surface area contributed by atoms with Gasteiger partial charge in [0.1, 0.15) is 23.4 Å². The van der Waals surface area contributed by atoms with E-state index in [0.717, 1.165) is 12.8 Å². The number of aryl methyl sites for hydroxylation is 1. The van der Waals surface area contributed by atoms with Crippen LogP contribution in [0.4, 0.5) is 4.79 Å². The van der Waals surface area contributed by atoms with Crippen LogP contribution in [0.3, 0.4) is 0 Å². The second kappa shape index (κ2) is 14.1. The molecule has 3 N–H and O–H groups in total. The highest BCUT2D eigenvalue weighted by molar-refractivity contribution is 5.92. The van der Waals surface area contributed by atoms with Gasteiger partial charge in [-0.2, -0.15) is 0 Å². The molecule has 8 heteroatoms. The SMILES string of the molecule is CCCCNC(=O)C(c1cccc(C)c1O)N(C(=O)C(CC(C)C)NC(=O)OC(C)(C)C)C(C)CC. The fraction of sp³-hybridized carbons (Fsp3) is 0.679. The summed E-state index contributed by atoms with van der Waals surface area (Å²) in [6.07, 6.45) is 1.97. The van der Waals surface area contributed by atoms with E-state index >= 15 is 0 Å². The van der Waals surface area contributed by atoms with E-state index in [1.54, 1.807) is 45.9 Å². The number of hydrogen-bond donors (Lipinski definition) is 3. The zero-order valence-corrected chi connectivity index (χ0v) is 23.6. The lowest BCUT2D eigenvalue weighted by atomic mass is 9.95. The first-order valence-corrected chi connectivity index (χ1v) is 13.1. The Labute approximate surface area is 217 Å². The molecular weight excluding hydrogens is 458 g/mol. The smallest absolute Gasteiger partial charge is 0.408 e. The highest BCUT2D eigenvalue weighted by Crippen LogP contribution is 2.34. The number of alkyl carbamates (subject to hydrolysis) is 1. The number of unbranched alkanes of at least 4 members (excludes halogenated alkanes) is 1. The zero-order chi connectivity index (χ0) is 27.6. The van der Waals surface area contributed by atoms with Gasteiger partial charge in [-0.15, -0.1) is 0 Å². The van der Waals surface area contributed by atoms with E-state index in [1.807, 2.05) is 34.6 Å². The first kappa shape index (κ1) is 31.3. The number of benzene rings is 1. The number of nitrogens with zero attached hydrogens (tertiary/aromatic N) is 1. The molecule has 0 aliphatic heterocycles. The molecule has 0 aliphatic rings. The molecule has 3 atom stereocenters. The van der Waals surface area contributed by atoms with Crippen LogP contribution in [0.1, 0.15) is 98.2 Å². The standard InChI is InChI=1S/C28H47N3O5/c1-10-12-16-29-25(33)23(21-15-13-14-19(5)24(21)32)31(20(6)11-2)26(34)22(17-18(3)4)30-27(35)36-28(7,8)9/h13-15,18,20,22-23,32H,10-12,16-17H2,1-9H3,(H,29,33)(H,30,35). The lowest BCUT2D eigenvalue weighted by Crippen LogP contribution is -2.55. The van der Waals surface area contributed by atoms with Crippen molar-refractivity contribution in [2.45, 2.75) is 112 Å². The Kier molecular flexibility index (Phi) is 12.2. The average Bonchev–Trinajstić information content (AvgIpc) is 2.76. The van der Waals surface area contributed by atoms with Crippen LogP contribution in [0.5, 0.6) is 5.75 Å². The zero-order valence-electron chi connectivity index (χ0n) is 23.6. The molecule has 8 nitrogen and oxygen atoms in total. The Morgan fingerprint density at radius 1 is 1.11 bits per heavy atom. The number of phenols is 1. The molecule has 0 bridgehead atoms. The van der Waals surface area contributed by atoms with Crippen LogP contribution < -0.4 is 10.6 Å². The van der Waals surface area contributed by atoms with Crippen molar-refractivity contribution in [2.75, 3.05) is 6.54 Å². The van der Waals surface area contributed by atoms with Crippen LogP contribution in [0.25, 0.3) is 0 Å². The number of amides is 3. The predicted molar refractivity (Wildman–Crippen MR) is 143 cm³/mol. The van der Waals surface area contributed by atoms with Crippen LogP contribution in [-0.2, 0) is 14.3 Å². The van der Waals surface area contributed by atoms with Crippen molar-refractivity contribution in [3.05, 3.63) is 29.3 Å². The summed E-state index contributed by atoms with van der Waals surface area (Å²) >= 11 is 0. The monoisotopic (exact) mass is 505 g/mol. The molecule has 0 aromatic heterocycles. The van der Waals surface area contributed by atoms with E-state index in [1.165, 1.54) is 4.90 Å². The summed E-state index contributed by atoms with van der Waals surface area (Å²) < 4.78 is 5.42. The number of rotatable bonds is 12. The van der Waals surface area contributed by atoms with Gasteiger partial charge >= 0.3 is 6.09 Å². The van der Waals surface area contributed by atoms with Crippen LogP contribution in [-0.4, -0.2) is 52.1 Å². The van der Waals surface area contributed by atoms with Crippen molar-refractivity contribution in [2.24, 2.45) is 5.92 Å². The van der Waals surface area contributed by atoms with Gasteiger partial charge in [-0.25, -0.2) is 4.79 Å². The molecule has 0 saturated heterocycles. The number of para-hydroxylation sites is 1. The number of phenolic OH excluding ortho intramolecular Hbond substituents is 1. The molecular formula is C28H47N3O5. The van der Waals surface area contributed by atoms with E-state index in [2.05, 4.69) is 10.6 Å². The lowest BCUT2D eigenvalue weighted by Gasteiger charge is -2.38.